The second-order valence-electron chi connectivity index (χ2n) is 6.71. The number of hydrogen-bond donors (Lipinski definition) is 0. The van der Waals surface area contributed by atoms with E-state index in [1.54, 1.807) is 37.4 Å². The summed E-state index contributed by atoms with van der Waals surface area (Å²) < 4.78 is 13.9. The van der Waals surface area contributed by atoms with E-state index < -0.39 is 0 Å². The molecule has 2 aromatic carbocycles. The van der Waals surface area contributed by atoms with Crippen LogP contribution in [0.15, 0.2) is 52.3 Å². The summed E-state index contributed by atoms with van der Waals surface area (Å²) in [6.07, 6.45) is 0. The maximum absolute atomic E-state index is 12.8. The minimum Gasteiger partial charge on any atom is -0.493 e. The molecule has 0 fully saturated rings. The van der Waals surface area contributed by atoms with Crippen LogP contribution in [0.5, 0.6) is 11.5 Å². The minimum atomic E-state index is -0.155. The van der Waals surface area contributed by atoms with Crippen molar-refractivity contribution in [2.75, 3.05) is 14.2 Å². The number of aryl methyl sites for hydroxylation is 2. The zero-order valence-electron chi connectivity index (χ0n) is 17.1. The van der Waals surface area contributed by atoms with Crippen molar-refractivity contribution in [2.45, 2.75) is 13.8 Å². The average Bonchev–Trinajstić information content (AvgIpc) is 2.70. The quantitative estimate of drug-likeness (QED) is 0.699. The van der Waals surface area contributed by atoms with Gasteiger partial charge in [-0.1, -0.05) is 18.2 Å². The molecule has 0 saturated heterocycles. The molecule has 0 aliphatic carbocycles. The molecule has 0 amide bonds. The second kappa shape index (κ2) is 7.76. The average molecular weight is 379 g/mol. The number of nitrogens with zero attached hydrogens (tertiary/aromatic N) is 3. The summed E-state index contributed by atoms with van der Waals surface area (Å²) in [5.41, 5.74) is 5.03. The highest BCUT2D eigenvalue weighted by Gasteiger charge is 2.11. The SMILES string of the molecule is COc1ccc(-c2cc(=Nc3c(C)cccc3C)n(C)c(=O)n2C)cc1OC. The Kier molecular flexibility index (Phi) is 5.40. The number of para-hydroxylation sites is 1. The van der Waals surface area contributed by atoms with Gasteiger partial charge in [0.25, 0.3) is 0 Å². The summed E-state index contributed by atoms with van der Waals surface area (Å²) in [5.74, 6) is 1.24. The third-order valence-electron chi connectivity index (χ3n) is 4.89. The summed E-state index contributed by atoms with van der Waals surface area (Å²) in [6, 6.07) is 13.5. The van der Waals surface area contributed by atoms with Crippen molar-refractivity contribution in [3.8, 4) is 22.8 Å². The Morgan fingerprint density at radius 1 is 0.857 bits per heavy atom. The normalized spacial score (nSPS) is 11.6. The van der Waals surface area contributed by atoms with Crippen LogP contribution in [0.2, 0.25) is 0 Å². The van der Waals surface area contributed by atoms with Crippen molar-refractivity contribution in [1.29, 1.82) is 0 Å². The molecule has 0 spiro atoms. The highest BCUT2D eigenvalue weighted by Crippen LogP contribution is 2.31. The molecule has 6 heteroatoms. The van der Waals surface area contributed by atoms with Gasteiger partial charge in [-0.15, -0.1) is 0 Å². The van der Waals surface area contributed by atoms with Gasteiger partial charge in [0.05, 0.1) is 25.6 Å². The molecule has 0 saturated carbocycles. The third kappa shape index (κ3) is 3.45. The van der Waals surface area contributed by atoms with Crippen LogP contribution in [0.3, 0.4) is 0 Å². The zero-order chi connectivity index (χ0) is 20.4. The molecule has 6 nitrogen and oxygen atoms in total. The van der Waals surface area contributed by atoms with E-state index in [-0.39, 0.29) is 5.69 Å². The highest BCUT2D eigenvalue weighted by atomic mass is 16.5. The first-order chi connectivity index (χ1) is 13.4. The molecule has 1 heterocycles. The maximum atomic E-state index is 12.8. The van der Waals surface area contributed by atoms with Crippen LogP contribution in [0.1, 0.15) is 11.1 Å². The van der Waals surface area contributed by atoms with Crippen molar-refractivity contribution >= 4 is 5.69 Å². The van der Waals surface area contributed by atoms with E-state index >= 15 is 0 Å². The van der Waals surface area contributed by atoms with E-state index in [1.165, 1.54) is 0 Å². The van der Waals surface area contributed by atoms with Gasteiger partial charge in [-0.2, -0.15) is 0 Å². The number of aromatic nitrogens is 2. The third-order valence-corrected chi connectivity index (χ3v) is 4.89. The van der Waals surface area contributed by atoms with Crippen LogP contribution in [-0.2, 0) is 14.1 Å². The molecule has 3 rings (SSSR count). The van der Waals surface area contributed by atoms with Gasteiger partial charge in [-0.05, 0) is 43.2 Å². The van der Waals surface area contributed by atoms with E-state index in [9.17, 15) is 4.79 Å². The first-order valence-electron chi connectivity index (χ1n) is 8.97. The number of rotatable bonds is 4. The summed E-state index contributed by atoms with van der Waals surface area (Å²) in [6.45, 7) is 4.03. The lowest BCUT2D eigenvalue weighted by Crippen LogP contribution is -2.37. The zero-order valence-corrected chi connectivity index (χ0v) is 17.1. The molecular weight excluding hydrogens is 354 g/mol. The fourth-order valence-electron chi connectivity index (χ4n) is 3.22. The minimum absolute atomic E-state index is 0.155. The number of ether oxygens (including phenoxy) is 2. The molecule has 0 bridgehead atoms. The summed E-state index contributed by atoms with van der Waals surface area (Å²) in [7, 11) is 6.66. The molecule has 0 unspecified atom stereocenters. The first kappa shape index (κ1) is 19.5. The van der Waals surface area contributed by atoms with Gasteiger partial charge < -0.3 is 9.47 Å². The Morgan fingerprint density at radius 3 is 2.11 bits per heavy atom. The molecular formula is C22H25N3O3. The molecule has 0 N–H and O–H groups in total. The first-order valence-corrected chi connectivity index (χ1v) is 8.97. The molecule has 0 aliphatic heterocycles. The lowest BCUT2D eigenvalue weighted by atomic mass is 10.1. The molecule has 0 atom stereocenters. The van der Waals surface area contributed by atoms with Crippen molar-refractivity contribution in [2.24, 2.45) is 19.1 Å². The van der Waals surface area contributed by atoms with Gasteiger partial charge in [0, 0.05) is 25.7 Å². The molecule has 146 valence electrons. The fraction of sp³-hybridized carbons (Fsp3) is 0.273. The van der Waals surface area contributed by atoms with Gasteiger partial charge in [-0.25, -0.2) is 9.79 Å². The van der Waals surface area contributed by atoms with Crippen molar-refractivity contribution in [3.05, 3.63) is 69.6 Å². The van der Waals surface area contributed by atoms with Gasteiger partial charge in [-0.3, -0.25) is 9.13 Å². The van der Waals surface area contributed by atoms with Crippen LogP contribution >= 0.6 is 0 Å². The van der Waals surface area contributed by atoms with Crippen LogP contribution in [0, 0.1) is 13.8 Å². The monoisotopic (exact) mass is 379 g/mol. The van der Waals surface area contributed by atoms with E-state index in [4.69, 9.17) is 14.5 Å². The predicted octanol–water partition coefficient (Wildman–Crippen LogP) is 3.26. The maximum Gasteiger partial charge on any atom is 0.329 e. The summed E-state index contributed by atoms with van der Waals surface area (Å²) >= 11 is 0. The van der Waals surface area contributed by atoms with Gasteiger partial charge in [0.15, 0.2) is 11.5 Å². The van der Waals surface area contributed by atoms with E-state index in [0.717, 1.165) is 28.1 Å². The largest absolute Gasteiger partial charge is 0.493 e. The number of methoxy groups -OCH3 is 2. The smallest absolute Gasteiger partial charge is 0.329 e. The Bertz CT molecular complexity index is 1140. The van der Waals surface area contributed by atoms with E-state index in [1.807, 2.05) is 56.3 Å². The molecule has 0 radical (unpaired) electrons. The lowest BCUT2D eigenvalue weighted by molar-refractivity contribution is 0.355. The van der Waals surface area contributed by atoms with Crippen LogP contribution in [-0.4, -0.2) is 23.4 Å². The Morgan fingerprint density at radius 2 is 1.50 bits per heavy atom. The highest BCUT2D eigenvalue weighted by molar-refractivity contribution is 5.64. The predicted molar refractivity (Wildman–Crippen MR) is 110 cm³/mol. The van der Waals surface area contributed by atoms with Crippen LogP contribution in [0.4, 0.5) is 5.69 Å². The second-order valence-corrected chi connectivity index (χ2v) is 6.71. The van der Waals surface area contributed by atoms with Crippen LogP contribution in [0.25, 0.3) is 11.3 Å². The number of hydrogen-bond acceptors (Lipinski definition) is 4. The Balaban J connectivity index is 2.29. The lowest BCUT2D eigenvalue weighted by Gasteiger charge is -2.14. The molecule has 0 aliphatic rings. The van der Waals surface area contributed by atoms with Crippen LogP contribution < -0.4 is 20.7 Å². The molecule has 1 aromatic heterocycles. The molecule has 3 aromatic rings. The fourth-order valence-corrected chi connectivity index (χ4v) is 3.22. The van der Waals surface area contributed by atoms with Crippen molar-refractivity contribution < 1.29 is 9.47 Å². The van der Waals surface area contributed by atoms with E-state index in [2.05, 4.69) is 0 Å². The van der Waals surface area contributed by atoms with Gasteiger partial charge in [0.1, 0.15) is 5.49 Å². The summed E-state index contributed by atoms with van der Waals surface area (Å²) in [5, 5.41) is 0. The summed E-state index contributed by atoms with van der Waals surface area (Å²) in [4.78, 5) is 17.6. The topological polar surface area (TPSA) is 57.8 Å². The van der Waals surface area contributed by atoms with Gasteiger partial charge in [0.2, 0.25) is 0 Å². The Hall–Kier alpha value is -3.28. The van der Waals surface area contributed by atoms with Crippen molar-refractivity contribution in [3.63, 3.8) is 0 Å². The number of benzene rings is 2. The van der Waals surface area contributed by atoms with Crippen molar-refractivity contribution in [1.82, 2.24) is 9.13 Å². The Labute approximate surface area is 164 Å². The molecule has 28 heavy (non-hydrogen) atoms. The van der Waals surface area contributed by atoms with E-state index in [0.29, 0.717) is 17.0 Å². The standard InChI is InChI=1S/C22H25N3O3/c1-14-8-7-9-15(2)21(14)23-20-13-17(24(3)22(26)25(20)4)16-10-11-18(27-5)19(12-16)28-6/h7-13H,1-6H3. The van der Waals surface area contributed by atoms with Gasteiger partial charge >= 0.3 is 5.69 Å².